The zero-order chi connectivity index (χ0) is 9.64. The van der Waals surface area contributed by atoms with Gasteiger partial charge in [-0.25, -0.2) is 0 Å². The van der Waals surface area contributed by atoms with Gasteiger partial charge in [0, 0.05) is 9.79 Å². The Hall–Kier alpha value is -0.510. The van der Waals surface area contributed by atoms with Crippen LogP contribution in [0.15, 0.2) is 70.5 Å². The first-order valence-electron chi connectivity index (χ1n) is 4.40. The van der Waals surface area contributed by atoms with E-state index in [0.29, 0.717) is 0 Å². The molecule has 0 fully saturated rings. The van der Waals surface area contributed by atoms with Crippen molar-refractivity contribution in [1.29, 1.82) is 0 Å². The Morgan fingerprint density at radius 1 is 0.533 bits per heavy atom. The molecule has 0 aliphatic heterocycles. The SMILES string of the molecule is S.c1ccc(SSc2ccccc2)cc1. The highest BCUT2D eigenvalue weighted by molar-refractivity contribution is 8.76. The Morgan fingerprint density at radius 3 is 1.20 bits per heavy atom. The highest BCUT2D eigenvalue weighted by atomic mass is 33.1. The van der Waals surface area contributed by atoms with Crippen molar-refractivity contribution in [3.63, 3.8) is 0 Å². The highest BCUT2D eigenvalue weighted by Gasteiger charge is 1.94. The quantitative estimate of drug-likeness (QED) is 0.732. The van der Waals surface area contributed by atoms with Gasteiger partial charge in [-0.05, 0) is 24.3 Å². The van der Waals surface area contributed by atoms with Crippen LogP contribution in [0.25, 0.3) is 0 Å². The van der Waals surface area contributed by atoms with Gasteiger partial charge in [0.1, 0.15) is 0 Å². The van der Waals surface area contributed by atoms with E-state index < -0.39 is 0 Å². The second-order valence-corrected chi connectivity index (χ2v) is 5.07. The van der Waals surface area contributed by atoms with Crippen LogP contribution in [0.1, 0.15) is 0 Å². The van der Waals surface area contributed by atoms with Crippen molar-refractivity contribution in [2.24, 2.45) is 0 Å². The van der Waals surface area contributed by atoms with Gasteiger partial charge in [-0.1, -0.05) is 58.0 Å². The van der Waals surface area contributed by atoms with Crippen LogP contribution in [0.3, 0.4) is 0 Å². The van der Waals surface area contributed by atoms with Crippen LogP contribution < -0.4 is 0 Å². The summed E-state index contributed by atoms with van der Waals surface area (Å²) < 4.78 is 0. The average Bonchev–Trinajstić information content (AvgIpc) is 2.29. The van der Waals surface area contributed by atoms with Gasteiger partial charge < -0.3 is 0 Å². The van der Waals surface area contributed by atoms with E-state index >= 15 is 0 Å². The monoisotopic (exact) mass is 252 g/mol. The van der Waals surface area contributed by atoms with Crippen molar-refractivity contribution < 1.29 is 0 Å². The van der Waals surface area contributed by atoms with Crippen LogP contribution in [0.5, 0.6) is 0 Å². The summed E-state index contributed by atoms with van der Waals surface area (Å²) in [6, 6.07) is 20.8. The van der Waals surface area contributed by atoms with Crippen LogP contribution in [-0.4, -0.2) is 0 Å². The molecular formula is C12H12S3. The first kappa shape index (κ1) is 12.6. The Bertz CT molecular complexity index is 333. The summed E-state index contributed by atoms with van der Waals surface area (Å²) in [6.45, 7) is 0. The summed E-state index contributed by atoms with van der Waals surface area (Å²) in [4.78, 5) is 2.59. The third-order valence-electron chi connectivity index (χ3n) is 1.72. The van der Waals surface area contributed by atoms with Gasteiger partial charge in [-0.3, -0.25) is 0 Å². The molecule has 0 heterocycles. The fraction of sp³-hybridized carbons (Fsp3) is 0. The van der Waals surface area contributed by atoms with E-state index in [0.717, 1.165) is 0 Å². The smallest absolute Gasteiger partial charge is 0.0186 e. The zero-order valence-electron chi connectivity index (χ0n) is 8.09. The Balaban J connectivity index is 0.00000112. The summed E-state index contributed by atoms with van der Waals surface area (Å²) in [6.07, 6.45) is 0. The summed E-state index contributed by atoms with van der Waals surface area (Å²) in [5.74, 6) is 0. The molecular weight excluding hydrogens is 240 g/mol. The third-order valence-corrected chi connectivity index (χ3v) is 4.14. The molecule has 0 amide bonds. The molecule has 0 N–H and O–H groups in total. The lowest BCUT2D eigenvalue weighted by Crippen LogP contribution is -1.67. The molecule has 0 saturated carbocycles. The molecule has 0 saturated heterocycles. The van der Waals surface area contributed by atoms with Gasteiger partial charge in [-0.2, -0.15) is 13.5 Å². The van der Waals surface area contributed by atoms with Crippen molar-refractivity contribution in [3.8, 4) is 0 Å². The van der Waals surface area contributed by atoms with E-state index in [4.69, 9.17) is 0 Å². The van der Waals surface area contributed by atoms with Gasteiger partial charge in [0.15, 0.2) is 0 Å². The summed E-state index contributed by atoms with van der Waals surface area (Å²) in [5, 5.41) is 0. The van der Waals surface area contributed by atoms with Gasteiger partial charge in [0.25, 0.3) is 0 Å². The molecule has 15 heavy (non-hydrogen) atoms. The van der Waals surface area contributed by atoms with E-state index in [1.165, 1.54) is 9.79 Å². The minimum absolute atomic E-state index is 0. The second-order valence-electron chi connectivity index (χ2n) is 2.79. The second kappa shape index (κ2) is 6.88. The molecule has 2 rings (SSSR count). The van der Waals surface area contributed by atoms with E-state index in [9.17, 15) is 0 Å². The van der Waals surface area contributed by atoms with Crippen molar-refractivity contribution in [2.75, 3.05) is 0 Å². The predicted molar refractivity (Wildman–Crippen MR) is 75.0 cm³/mol. The Labute approximate surface area is 105 Å². The molecule has 0 nitrogen and oxygen atoms in total. The number of hydrogen-bond donors (Lipinski definition) is 0. The standard InChI is InChI=1S/C12H10S2.H2S/c1-3-7-11(8-4-1)13-14-12-9-5-2-6-10-12;/h1-10H;1H2. The van der Waals surface area contributed by atoms with E-state index in [2.05, 4.69) is 48.5 Å². The minimum Gasteiger partial charge on any atom is -0.197 e. The van der Waals surface area contributed by atoms with Crippen LogP contribution in [0.2, 0.25) is 0 Å². The molecule has 2 aromatic rings. The van der Waals surface area contributed by atoms with Crippen molar-refractivity contribution in [2.45, 2.75) is 9.79 Å². The summed E-state index contributed by atoms with van der Waals surface area (Å²) in [5.41, 5.74) is 0. The Morgan fingerprint density at radius 2 is 0.867 bits per heavy atom. The van der Waals surface area contributed by atoms with Gasteiger partial charge in [-0.15, -0.1) is 0 Å². The zero-order valence-corrected chi connectivity index (χ0v) is 10.7. The van der Waals surface area contributed by atoms with Gasteiger partial charge in [0.05, 0.1) is 0 Å². The minimum atomic E-state index is 0. The maximum atomic E-state index is 2.13. The van der Waals surface area contributed by atoms with Crippen molar-refractivity contribution in [1.82, 2.24) is 0 Å². The van der Waals surface area contributed by atoms with E-state index in [1.807, 2.05) is 12.1 Å². The normalized spacial score (nSPS) is 9.33. The third kappa shape index (κ3) is 4.24. The van der Waals surface area contributed by atoms with E-state index in [-0.39, 0.29) is 13.5 Å². The first-order chi connectivity index (χ1) is 6.95. The molecule has 3 heteroatoms. The first-order valence-corrected chi connectivity index (χ1v) is 6.55. The lowest BCUT2D eigenvalue weighted by Gasteiger charge is -1.99. The summed E-state index contributed by atoms with van der Waals surface area (Å²) in [7, 11) is 3.58. The van der Waals surface area contributed by atoms with Crippen LogP contribution in [0.4, 0.5) is 0 Å². The van der Waals surface area contributed by atoms with Crippen molar-refractivity contribution >= 4 is 35.1 Å². The van der Waals surface area contributed by atoms with Gasteiger partial charge in [0.2, 0.25) is 0 Å². The summed E-state index contributed by atoms with van der Waals surface area (Å²) >= 11 is 0. The number of benzene rings is 2. The molecule has 0 unspecified atom stereocenters. The molecule has 78 valence electrons. The Kier molecular flexibility index (Phi) is 5.76. The van der Waals surface area contributed by atoms with Crippen LogP contribution in [-0.2, 0) is 0 Å². The maximum absolute atomic E-state index is 2.13. The topological polar surface area (TPSA) is 0 Å². The van der Waals surface area contributed by atoms with Crippen LogP contribution >= 0.6 is 35.1 Å². The molecule has 0 aliphatic rings. The number of hydrogen-bond acceptors (Lipinski definition) is 2. The fourth-order valence-electron chi connectivity index (χ4n) is 1.05. The van der Waals surface area contributed by atoms with Gasteiger partial charge >= 0.3 is 0 Å². The van der Waals surface area contributed by atoms with Crippen LogP contribution in [0, 0.1) is 0 Å². The van der Waals surface area contributed by atoms with E-state index in [1.54, 1.807) is 21.6 Å². The fourth-order valence-corrected chi connectivity index (χ4v) is 3.02. The number of rotatable bonds is 3. The molecule has 0 aliphatic carbocycles. The maximum Gasteiger partial charge on any atom is 0.0186 e. The highest BCUT2D eigenvalue weighted by Crippen LogP contribution is 2.36. The molecule has 0 radical (unpaired) electrons. The largest absolute Gasteiger partial charge is 0.197 e. The van der Waals surface area contributed by atoms with Crippen molar-refractivity contribution in [3.05, 3.63) is 60.7 Å². The predicted octanol–water partition coefficient (Wildman–Crippen LogP) is 4.60. The molecule has 0 aromatic heterocycles. The molecule has 2 aromatic carbocycles. The molecule has 0 bridgehead atoms. The molecule has 0 spiro atoms. The lowest BCUT2D eigenvalue weighted by atomic mass is 10.4. The average molecular weight is 252 g/mol. The lowest BCUT2D eigenvalue weighted by molar-refractivity contribution is 1.47. The molecule has 0 atom stereocenters.